The molecule has 1 aliphatic carbocycles. The van der Waals surface area contributed by atoms with Crippen molar-refractivity contribution in [2.24, 2.45) is 5.73 Å². The van der Waals surface area contributed by atoms with E-state index in [2.05, 4.69) is 23.5 Å². The van der Waals surface area contributed by atoms with Gasteiger partial charge in [-0.05, 0) is 62.1 Å². The fourth-order valence-corrected chi connectivity index (χ4v) is 3.48. The summed E-state index contributed by atoms with van der Waals surface area (Å²) in [4.78, 5) is 12.3. The molecule has 2 aliphatic rings. The number of carbonyl (C=O) groups excluding carboxylic acids is 1. The number of fused-ring (bicyclic) bond motifs is 1. The summed E-state index contributed by atoms with van der Waals surface area (Å²) >= 11 is 0. The van der Waals surface area contributed by atoms with Gasteiger partial charge in [0.15, 0.2) is 0 Å². The van der Waals surface area contributed by atoms with Crippen LogP contribution in [0.4, 0.5) is 0 Å². The minimum absolute atomic E-state index is 0.0128. The van der Waals surface area contributed by atoms with Crippen LogP contribution in [-0.4, -0.2) is 24.7 Å². The predicted molar refractivity (Wildman–Crippen MR) is 86.6 cm³/mol. The molecule has 1 fully saturated rings. The molecule has 0 saturated carbocycles. The fraction of sp³-hybridized carbons (Fsp3) is 0.611. The maximum Gasteiger partial charge on any atom is 0.249 e. The highest BCUT2D eigenvalue weighted by molar-refractivity contribution is 5.81. The van der Waals surface area contributed by atoms with Crippen LogP contribution in [0.15, 0.2) is 18.2 Å². The molecule has 1 amide bonds. The lowest BCUT2D eigenvalue weighted by Crippen LogP contribution is -2.37. The molecular formula is C18H26N2O2. The van der Waals surface area contributed by atoms with E-state index < -0.39 is 0 Å². The molecule has 0 spiro atoms. The van der Waals surface area contributed by atoms with E-state index in [4.69, 9.17) is 10.5 Å². The third-order valence-electron chi connectivity index (χ3n) is 4.89. The van der Waals surface area contributed by atoms with Crippen molar-refractivity contribution in [1.29, 1.82) is 0 Å². The van der Waals surface area contributed by atoms with Crippen molar-refractivity contribution in [3.8, 4) is 0 Å². The van der Waals surface area contributed by atoms with Crippen LogP contribution in [0, 0.1) is 0 Å². The predicted octanol–water partition coefficient (Wildman–Crippen LogP) is 2.25. The molecule has 1 aromatic rings. The van der Waals surface area contributed by atoms with Gasteiger partial charge in [0.05, 0.1) is 12.1 Å². The Labute approximate surface area is 132 Å². The molecule has 3 rings (SSSR count). The maximum absolute atomic E-state index is 12.3. The van der Waals surface area contributed by atoms with E-state index in [-0.39, 0.29) is 24.2 Å². The Hall–Kier alpha value is -1.39. The van der Waals surface area contributed by atoms with Crippen LogP contribution in [0.1, 0.15) is 55.3 Å². The summed E-state index contributed by atoms with van der Waals surface area (Å²) in [6.07, 6.45) is 6.25. The Bertz CT molecular complexity index is 544. The maximum atomic E-state index is 12.3. The summed E-state index contributed by atoms with van der Waals surface area (Å²) < 4.78 is 5.66. The molecular weight excluding hydrogens is 276 g/mol. The van der Waals surface area contributed by atoms with Crippen molar-refractivity contribution < 1.29 is 9.53 Å². The zero-order valence-electron chi connectivity index (χ0n) is 13.3. The zero-order valence-corrected chi connectivity index (χ0v) is 13.3. The zero-order chi connectivity index (χ0) is 15.5. The number of nitrogens with two attached hydrogens (primary N) is 1. The summed E-state index contributed by atoms with van der Waals surface area (Å²) in [6, 6.07) is 6.65. The summed E-state index contributed by atoms with van der Waals surface area (Å²) in [5, 5.41) is 3.08. The summed E-state index contributed by atoms with van der Waals surface area (Å²) in [5.74, 6) is -0.0128. The lowest BCUT2D eigenvalue weighted by Gasteiger charge is -2.21. The number of hydrogen-bond donors (Lipinski definition) is 2. The van der Waals surface area contributed by atoms with Crippen LogP contribution in [0.2, 0.25) is 0 Å². The van der Waals surface area contributed by atoms with E-state index in [1.807, 2.05) is 6.92 Å². The van der Waals surface area contributed by atoms with E-state index in [1.165, 1.54) is 36.0 Å². The number of carbonyl (C=O) groups is 1. The Balaban J connectivity index is 1.62. The van der Waals surface area contributed by atoms with Crippen LogP contribution in [0.25, 0.3) is 0 Å². The number of aryl methyl sites for hydroxylation is 2. The Morgan fingerprint density at radius 2 is 2.09 bits per heavy atom. The van der Waals surface area contributed by atoms with Gasteiger partial charge in [0.1, 0.15) is 6.10 Å². The van der Waals surface area contributed by atoms with Gasteiger partial charge in [-0.15, -0.1) is 0 Å². The smallest absolute Gasteiger partial charge is 0.249 e. The Morgan fingerprint density at radius 1 is 1.32 bits per heavy atom. The highest BCUT2D eigenvalue weighted by atomic mass is 16.5. The lowest BCUT2D eigenvalue weighted by molar-refractivity contribution is -0.132. The molecule has 1 aliphatic heterocycles. The first-order valence-corrected chi connectivity index (χ1v) is 8.45. The van der Waals surface area contributed by atoms with Crippen LogP contribution < -0.4 is 11.1 Å². The SMILES string of the molecule is CC(NC(=O)[C@@H]1CC[C@H](CN)O1)c1ccc2c(c1)CCCC2. The lowest BCUT2D eigenvalue weighted by atomic mass is 9.89. The molecule has 1 saturated heterocycles. The van der Waals surface area contributed by atoms with E-state index in [1.54, 1.807) is 0 Å². The fourth-order valence-electron chi connectivity index (χ4n) is 3.48. The van der Waals surface area contributed by atoms with Crippen molar-refractivity contribution in [3.05, 3.63) is 34.9 Å². The number of hydrogen-bond acceptors (Lipinski definition) is 3. The van der Waals surface area contributed by atoms with Crippen molar-refractivity contribution in [2.75, 3.05) is 6.54 Å². The van der Waals surface area contributed by atoms with Crippen LogP contribution >= 0.6 is 0 Å². The van der Waals surface area contributed by atoms with Crippen molar-refractivity contribution >= 4 is 5.91 Å². The third-order valence-corrected chi connectivity index (χ3v) is 4.89. The van der Waals surface area contributed by atoms with Gasteiger partial charge in [-0.2, -0.15) is 0 Å². The van der Waals surface area contributed by atoms with Crippen molar-refractivity contribution in [1.82, 2.24) is 5.32 Å². The molecule has 3 atom stereocenters. The van der Waals surface area contributed by atoms with Gasteiger partial charge >= 0.3 is 0 Å². The molecule has 3 N–H and O–H groups in total. The largest absolute Gasteiger partial charge is 0.364 e. The molecule has 0 radical (unpaired) electrons. The van der Waals surface area contributed by atoms with Crippen LogP contribution in [-0.2, 0) is 22.4 Å². The number of ether oxygens (including phenoxy) is 1. The standard InChI is InChI=1S/C18H26N2O2/c1-12(20-18(21)17-9-8-16(11-19)22-17)14-7-6-13-4-2-3-5-15(13)10-14/h6-7,10,12,16-17H,2-5,8-9,11,19H2,1H3,(H,20,21)/t12?,16-,17+/m1/s1. The first-order chi connectivity index (χ1) is 10.7. The number of nitrogens with one attached hydrogen (secondary N) is 1. The summed E-state index contributed by atoms with van der Waals surface area (Å²) in [5.41, 5.74) is 9.70. The Morgan fingerprint density at radius 3 is 2.82 bits per heavy atom. The van der Waals surface area contributed by atoms with Gasteiger partial charge in [0, 0.05) is 6.54 Å². The molecule has 1 unspecified atom stereocenters. The quantitative estimate of drug-likeness (QED) is 0.896. The molecule has 1 aromatic carbocycles. The second-order valence-electron chi connectivity index (χ2n) is 6.53. The number of rotatable bonds is 4. The third kappa shape index (κ3) is 3.33. The van der Waals surface area contributed by atoms with Gasteiger partial charge in [-0.25, -0.2) is 0 Å². The second kappa shape index (κ2) is 6.80. The normalized spacial score (nSPS) is 25.5. The number of amides is 1. The molecule has 1 heterocycles. The second-order valence-corrected chi connectivity index (χ2v) is 6.53. The van der Waals surface area contributed by atoms with E-state index in [0.717, 1.165) is 19.3 Å². The van der Waals surface area contributed by atoms with Gasteiger partial charge in [-0.1, -0.05) is 18.2 Å². The van der Waals surface area contributed by atoms with Gasteiger partial charge in [-0.3, -0.25) is 4.79 Å². The summed E-state index contributed by atoms with van der Waals surface area (Å²) in [7, 11) is 0. The Kier molecular flexibility index (Phi) is 4.79. The van der Waals surface area contributed by atoms with Crippen LogP contribution in [0.3, 0.4) is 0 Å². The summed E-state index contributed by atoms with van der Waals surface area (Å²) in [6.45, 7) is 2.53. The average molecular weight is 302 g/mol. The van der Waals surface area contributed by atoms with Crippen molar-refractivity contribution in [3.63, 3.8) is 0 Å². The molecule has 4 nitrogen and oxygen atoms in total. The van der Waals surface area contributed by atoms with Gasteiger partial charge in [0.25, 0.3) is 0 Å². The minimum atomic E-state index is -0.339. The molecule has 0 bridgehead atoms. The van der Waals surface area contributed by atoms with Gasteiger partial charge in [0.2, 0.25) is 5.91 Å². The van der Waals surface area contributed by atoms with E-state index in [9.17, 15) is 4.79 Å². The molecule has 4 heteroatoms. The molecule has 22 heavy (non-hydrogen) atoms. The average Bonchev–Trinajstić information content (AvgIpc) is 3.03. The minimum Gasteiger partial charge on any atom is -0.364 e. The highest BCUT2D eigenvalue weighted by Gasteiger charge is 2.30. The molecule has 120 valence electrons. The van der Waals surface area contributed by atoms with Crippen LogP contribution in [0.5, 0.6) is 0 Å². The van der Waals surface area contributed by atoms with E-state index in [0.29, 0.717) is 6.54 Å². The van der Waals surface area contributed by atoms with Gasteiger partial charge < -0.3 is 15.8 Å². The van der Waals surface area contributed by atoms with Crippen molar-refractivity contribution in [2.45, 2.75) is 63.7 Å². The topological polar surface area (TPSA) is 64.4 Å². The highest BCUT2D eigenvalue weighted by Crippen LogP contribution is 2.25. The molecule has 0 aromatic heterocycles. The first kappa shape index (κ1) is 15.5. The number of benzene rings is 1. The first-order valence-electron chi connectivity index (χ1n) is 8.45. The van der Waals surface area contributed by atoms with E-state index >= 15 is 0 Å². The monoisotopic (exact) mass is 302 g/mol.